The Kier molecular flexibility index (Phi) is 7.84. The van der Waals surface area contributed by atoms with Gasteiger partial charge in [-0.25, -0.2) is 4.68 Å². The fourth-order valence-electron chi connectivity index (χ4n) is 5.29. The van der Waals surface area contributed by atoms with E-state index in [0.29, 0.717) is 15.8 Å². The number of ether oxygens (including phenoxy) is 1. The highest BCUT2D eigenvalue weighted by Crippen LogP contribution is 2.38. The summed E-state index contributed by atoms with van der Waals surface area (Å²) in [5, 5.41) is 4.96. The van der Waals surface area contributed by atoms with E-state index in [1.807, 2.05) is 76.5 Å². The zero-order valence-corrected chi connectivity index (χ0v) is 24.1. The van der Waals surface area contributed by atoms with Crippen LogP contribution in [0.1, 0.15) is 48.8 Å². The largest absolute Gasteiger partial charge is 0.489 e. The van der Waals surface area contributed by atoms with Crippen molar-refractivity contribution in [2.45, 2.75) is 51.7 Å². The summed E-state index contributed by atoms with van der Waals surface area (Å²) < 4.78 is 8.66. The molecule has 0 spiro atoms. The summed E-state index contributed by atoms with van der Waals surface area (Å²) >= 11 is 7.08. The number of para-hydroxylation sites is 1. The van der Waals surface area contributed by atoms with Crippen LogP contribution in [-0.4, -0.2) is 30.9 Å². The van der Waals surface area contributed by atoms with E-state index >= 15 is 0 Å². The monoisotopic (exact) mass is 565 g/mol. The van der Waals surface area contributed by atoms with E-state index in [1.165, 1.54) is 23.7 Å². The topological polar surface area (TPSA) is 47.4 Å². The quantitative estimate of drug-likeness (QED) is 0.168. The number of hydrogen-bond acceptors (Lipinski definition) is 5. The first-order valence-electron chi connectivity index (χ1n) is 13.8. The van der Waals surface area contributed by atoms with Crippen LogP contribution in [0.15, 0.2) is 90.0 Å². The van der Waals surface area contributed by atoms with E-state index in [0.717, 1.165) is 59.5 Å². The average molecular weight is 566 g/mol. The molecule has 0 atom stereocenters. The Balaban J connectivity index is 1.32. The predicted molar refractivity (Wildman–Crippen MR) is 166 cm³/mol. The van der Waals surface area contributed by atoms with Gasteiger partial charge in [-0.15, -0.1) is 0 Å². The van der Waals surface area contributed by atoms with Gasteiger partial charge < -0.3 is 4.74 Å². The summed E-state index contributed by atoms with van der Waals surface area (Å²) in [4.78, 5) is 16.0. The van der Waals surface area contributed by atoms with Crippen LogP contribution in [-0.2, 0) is 11.4 Å². The average Bonchev–Trinajstić information content (AvgIpc) is 3.53. The number of aromatic nitrogens is 2. The van der Waals surface area contributed by atoms with Gasteiger partial charge in [0.2, 0.25) is 0 Å². The van der Waals surface area contributed by atoms with Crippen LogP contribution in [0.2, 0.25) is 0 Å². The van der Waals surface area contributed by atoms with Crippen molar-refractivity contribution < 1.29 is 9.53 Å². The van der Waals surface area contributed by atoms with E-state index in [4.69, 9.17) is 22.1 Å². The number of carbonyl (C=O) groups excluding carboxylic acids is 1. The summed E-state index contributed by atoms with van der Waals surface area (Å²) in [5.41, 5.74) is 5.86. The number of hydrogen-bond donors (Lipinski definition) is 0. The molecule has 2 aliphatic rings. The number of amides is 1. The van der Waals surface area contributed by atoms with Crippen LogP contribution in [0.25, 0.3) is 23.0 Å². The minimum atomic E-state index is 0.00972. The molecule has 1 saturated heterocycles. The summed E-state index contributed by atoms with van der Waals surface area (Å²) in [6, 6.07) is 26.5. The molecule has 1 aromatic heterocycles. The van der Waals surface area contributed by atoms with Gasteiger partial charge in [-0.05, 0) is 55.7 Å². The van der Waals surface area contributed by atoms with Crippen LogP contribution in [0.5, 0.6) is 5.75 Å². The number of carbonyl (C=O) groups is 1. The Hall–Kier alpha value is -3.68. The second-order valence-electron chi connectivity index (χ2n) is 10.4. The highest BCUT2D eigenvalue weighted by atomic mass is 32.2. The van der Waals surface area contributed by atoms with Gasteiger partial charge in [0.1, 0.15) is 22.4 Å². The maximum absolute atomic E-state index is 13.5. The number of rotatable bonds is 7. The van der Waals surface area contributed by atoms with Gasteiger partial charge in [-0.3, -0.25) is 9.69 Å². The summed E-state index contributed by atoms with van der Waals surface area (Å²) in [6.45, 7) is 2.56. The summed E-state index contributed by atoms with van der Waals surface area (Å²) in [7, 11) is 0. The van der Waals surface area contributed by atoms with Gasteiger partial charge in [0.05, 0.1) is 10.6 Å². The molecule has 3 aromatic carbocycles. The molecule has 40 heavy (non-hydrogen) atoms. The van der Waals surface area contributed by atoms with Crippen LogP contribution < -0.4 is 4.74 Å². The number of aryl methyl sites for hydroxylation is 1. The Labute approximate surface area is 244 Å². The van der Waals surface area contributed by atoms with Gasteiger partial charge in [0.25, 0.3) is 5.91 Å². The molecule has 0 radical (unpaired) electrons. The van der Waals surface area contributed by atoms with Gasteiger partial charge in [0.15, 0.2) is 0 Å². The fraction of sp³-hybridized carbons (Fsp3) is 0.242. The van der Waals surface area contributed by atoms with E-state index in [1.54, 1.807) is 0 Å². The second kappa shape index (κ2) is 11.8. The van der Waals surface area contributed by atoms with Crippen molar-refractivity contribution >= 4 is 40.3 Å². The van der Waals surface area contributed by atoms with Crippen molar-refractivity contribution in [3.05, 3.63) is 107 Å². The minimum Gasteiger partial charge on any atom is -0.489 e. The van der Waals surface area contributed by atoms with Crippen LogP contribution in [0, 0.1) is 6.92 Å². The number of thioether (sulfide) groups is 1. The first-order valence-corrected chi connectivity index (χ1v) is 15.0. The lowest BCUT2D eigenvalue weighted by Crippen LogP contribution is -2.39. The van der Waals surface area contributed by atoms with Crippen molar-refractivity contribution in [3.63, 3.8) is 0 Å². The van der Waals surface area contributed by atoms with E-state index in [-0.39, 0.29) is 11.9 Å². The van der Waals surface area contributed by atoms with Gasteiger partial charge >= 0.3 is 0 Å². The zero-order chi connectivity index (χ0) is 27.5. The van der Waals surface area contributed by atoms with Crippen LogP contribution >= 0.6 is 24.0 Å². The van der Waals surface area contributed by atoms with E-state index in [2.05, 4.69) is 31.2 Å². The van der Waals surface area contributed by atoms with Crippen molar-refractivity contribution in [2.75, 3.05) is 0 Å². The lowest BCUT2D eigenvalue weighted by Gasteiger charge is -2.29. The lowest BCUT2D eigenvalue weighted by molar-refractivity contribution is -0.124. The first-order chi connectivity index (χ1) is 19.5. The number of nitrogens with zero attached hydrogens (tertiary/aromatic N) is 3. The fourth-order valence-corrected chi connectivity index (χ4v) is 6.68. The molecular formula is C33H31N3O2S2. The number of benzene rings is 3. The molecule has 4 aromatic rings. The molecule has 2 heterocycles. The first kappa shape index (κ1) is 26.5. The van der Waals surface area contributed by atoms with Crippen molar-refractivity contribution in [2.24, 2.45) is 0 Å². The smallest absolute Gasteiger partial charge is 0.266 e. The predicted octanol–water partition coefficient (Wildman–Crippen LogP) is 7.96. The highest BCUT2D eigenvalue weighted by Gasteiger charge is 2.37. The third-order valence-corrected chi connectivity index (χ3v) is 8.78. The molecule has 1 amide bonds. The molecule has 1 aliphatic carbocycles. The standard InChI is InChI=1S/C33H31N3O2S2/c1-23-15-17-24(18-16-23)22-38-29-14-8-9-25(19-29)31-26(21-35(34-31)27-10-4-2-5-11-27)20-30-32(37)36(33(39)40-30)28-12-6-3-7-13-28/h2,4-5,8-11,14-21,28H,3,6-7,12-13,22H2,1H3. The molecule has 1 saturated carbocycles. The maximum atomic E-state index is 13.5. The van der Waals surface area contributed by atoms with Gasteiger partial charge in [-0.2, -0.15) is 5.10 Å². The normalized spacial score (nSPS) is 17.1. The van der Waals surface area contributed by atoms with Crippen molar-refractivity contribution in [1.82, 2.24) is 14.7 Å². The molecule has 6 rings (SSSR count). The minimum absolute atomic E-state index is 0.00972. The van der Waals surface area contributed by atoms with Crippen molar-refractivity contribution in [1.29, 1.82) is 0 Å². The molecule has 0 N–H and O–H groups in total. The van der Waals surface area contributed by atoms with E-state index in [9.17, 15) is 4.79 Å². The second-order valence-corrected chi connectivity index (χ2v) is 12.0. The van der Waals surface area contributed by atoms with Crippen LogP contribution in [0.3, 0.4) is 0 Å². The van der Waals surface area contributed by atoms with Crippen LogP contribution in [0.4, 0.5) is 0 Å². The molecule has 5 nitrogen and oxygen atoms in total. The molecule has 202 valence electrons. The molecule has 0 unspecified atom stereocenters. The summed E-state index contributed by atoms with van der Waals surface area (Å²) in [5.74, 6) is 0.775. The maximum Gasteiger partial charge on any atom is 0.266 e. The van der Waals surface area contributed by atoms with E-state index < -0.39 is 0 Å². The van der Waals surface area contributed by atoms with Crippen molar-refractivity contribution in [3.8, 4) is 22.7 Å². The third kappa shape index (κ3) is 5.76. The molecule has 2 fully saturated rings. The molecule has 1 aliphatic heterocycles. The Morgan fingerprint density at radius 2 is 1.77 bits per heavy atom. The summed E-state index contributed by atoms with van der Waals surface area (Å²) in [6.07, 6.45) is 9.51. The van der Waals surface area contributed by atoms with Gasteiger partial charge in [-0.1, -0.05) is 103 Å². The third-order valence-electron chi connectivity index (χ3n) is 7.45. The molecule has 0 bridgehead atoms. The van der Waals surface area contributed by atoms with Gasteiger partial charge in [0, 0.05) is 23.4 Å². The Morgan fingerprint density at radius 3 is 2.55 bits per heavy atom. The zero-order valence-electron chi connectivity index (χ0n) is 22.5. The number of thiocarbonyl (C=S) groups is 1. The lowest BCUT2D eigenvalue weighted by atomic mass is 9.94. The molecular weight excluding hydrogens is 535 g/mol. The SMILES string of the molecule is Cc1ccc(COc2cccc(-c3nn(-c4ccccc4)cc3C=C3SC(=S)N(C4CCCCC4)C3=O)c2)cc1. The molecule has 7 heteroatoms. The highest BCUT2D eigenvalue weighted by molar-refractivity contribution is 8.26. The Bertz CT molecular complexity index is 1550. The Morgan fingerprint density at radius 1 is 1.00 bits per heavy atom.